The second-order valence-corrected chi connectivity index (χ2v) is 4.54. The molecule has 0 aliphatic heterocycles. The summed E-state index contributed by atoms with van der Waals surface area (Å²) in [5.74, 6) is -18.4. The van der Waals surface area contributed by atoms with Crippen molar-refractivity contribution in [3.8, 4) is 17.2 Å². The van der Waals surface area contributed by atoms with Crippen LogP contribution in [0.15, 0.2) is 0 Å². The lowest BCUT2D eigenvalue weighted by atomic mass is 9.98. The third-order valence-electron chi connectivity index (χ3n) is 3.21. The van der Waals surface area contributed by atoms with Crippen LogP contribution in [0.25, 0.3) is 16.0 Å². The van der Waals surface area contributed by atoms with E-state index in [1.807, 2.05) is 0 Å². The molecule has 0 heterocycles. The fraction of sp³-hybridized carbons (Fsp3) is 0.0667. The number of benzene rings is 2. The quantitative estimate of drug-likeness (QED) is 0.416. The molecule has 0 atom stereocenters. The molecular weight excluding hydrogens is 360 g/mol. The molecule has 128 valence electrons. The first-order chi connectivity index (χ1) is 11.7. The van der Waals surface area contributed by atoms with Gasteiger partial charge in [-0.3, -0.25) is 0 Å². The number of nitrogens with zero attached hydrogens (tertiary/aromatic N) is 2. The van der Waals surface area contributed by atoms with Crippen molar-refractivity contribution in [2.45, 2.75) is 6.42 Å². The predicted molar refractivity (Wildman–Crippen MR) is 67.1 cm³/mol. The largest absolute Gasteiger partial charge is 0.262 e. The third-order valence-corrected chi connectivity index (χ3v) is 3.21. The van der Waals surface area contributed by atoms with Crippen LogP contribution in [-0.2, 0) is 6.42 Å². The van der Waals surface area contributed by atoms with E-state index in [-0.39, 0.29) is 0 Å². The summed E-state index contributed by atoms with van der Waals surface area (Å²) in [4.78, 5) is 2.19. The maximum absolute atomic E-state index is 14.0. The van der Waals surface area contributed by atoms with E-state index >= 15 is 0 Å². The molecule has 0 saturated carbocycles. The van der Waals surface area contributed by atoms with Gasteiger partial charge in [0.2, 0.25) is 0 Å². The number of nitriles is 1. The van der Waals surface area contributed by atoms with E-state index in [1.165, 1.54) is 6.07 Å². The third kappa shape index (κ3) is 2.56. The Labute approximate surface area is 134 Å². The van der Waals surface area contributed by atoms with E-state index in [2.05, 4.69) is 4.85 Å². The van der Waals surface area contributed by atoms with Crippen LogP contribution in [0, 0.1) is 64.4 Å². The Morgan fingerprint density at radius 2 is 1.04 bits per heavy atom. The lowest BCUT2D eigenvalue weighted by molar-refractivity contribution is 0.437. The SMILES string of the molecule is [C-]#[N+]c1c(F)c(F)c(-c2c(F)c(F)c(CC#N)c(F)c2F)c(F)c1F. The van der Waals surface area contributed by atoms with Gasteiger partial charge < -0.3 is 0 Å². The molecule has 2 nitrogen and oxygen atoms in total. The minimum Gasteiger partial charge on any atom is -0.232 e. The Morgan fingerprint density at radius 1 is 0.680 bits per heavy atom. The van der Waals surface area contributed by atoms with E-state index in [9.17, 15) is 35.1 Å². The molecule has 0 amide bonds. The zero-order valence-corrected chi connectivity index (χ0v) is 11.6. The summed E-state index contributed by atoms with van der Waals surface area (Å²) in [6.07, 6.45) is -1.11. The number of hydrogen-bond donors (Lipinski definition) is 0. The van der Waals surface area contributed by atoms with E-state index in [1.54, 1.807) is 0 Å². The molecular formula is C15H2F8N2. The lowest BCUT2D eigenvalue weighted by Crippen LogP contribution is -2.09. The Hall–Kier alpha value is -3.14. The molecule has 0 bridgehead atoms. The van der Waals surface area contributed by atoms with Gasteiger partial charge in [0.25, 0.3) is 5.69 Å². The van der Waals surface area contributed by atoms with Gasteiger partial charge in [-0.05, 0) is 0 Å². The molecule has 0 N–H and O–H groups in total. The zero-order chi connectivity index (χ0) is 19.0. The summed E-state index contributed by atoms with van der Waals surface area (Å²) in [6, 6.07) is 1.22. The van der Waals surface area contributed by atoms with E-state index in [0.717, 1.165) is 0 Å². The van der Waals surface area contributed by atoms with Gasteiger partial charge >= 0.3 is 0 Å². The fourth-order valence-electron chi connectivity index (χ4n) is 2.07. The van der Waals surface area contributed by atoms with Crippen molar-refractivity contribution in [1.29, 1.82) is 5.26 Å². The number of rotatable bonds is 2. The zero-order valence-electron chi connectivity index (χ0n) is 11.6. The topological polar surface area (TPSA) is 28.1 Å². The number of halogens is 8. The van der Waals surface area contributed by atoms with Crippen molar-refractivity contribution in [1.82, 2.24) is 0 Å². The van der Waals surface area contributed by atoms with Crippen LogP contribution < -0.4 is 0 Å². The second-order valence-electron chi connectivity index (χ2n) is 4.54. The average molecular weight is 362 g/mol. The van der Waals surface area contributed by atoms with E-state index in [0.29, 0.717) is 0 Å². The summed E-state index contributed by atoms with van der Waals surface area (Å²) in [5, 5.41) is 8.38. The van der Waals surface area contributed by atoms with Crippen LogP contribution in [-0.4, -0.2) is 0 Å². The van der Waals surface area contributed by atoms with Crippen LogP contribution in [0.2, 0.25) is 0 Å². The summed E-state index contributed by atoms with van der Waals surface area (Å²) < 4.78 is 110. The van der Waals surface area contributed by atoms with Crippen molar-refractivity contribution in [2.24, 2.45) is 0 Å². The first-order valence-corrected chi connectivity index (χ1v) is 6.14. The summed E-state index contributed by atoms with van der Waals surface area (Å²) in [7, 11) is 0. The Bertz CT molecular complexity index is 927. The van der Waals surface area contributed by atoms with E-state index in [4.69, 9.17) is 11.8 Å². The minimum atomic E-state index is -2.41. The lowest BCUT2D eigenvalue weighted by Gasteiger charge is -2.13. The van der Waals surface area contributed by atoms with Crippen LogP contribution in [0.4, 0.5) is 40.8 Å². The van der Waals surface area contributed by atoms with Gasteiger partial charge in [-0.2, -0.15) is 5.26 Å². The number of hydrogen-bond acceptors (Lipinski definition) is 1. The van der Waals surface area contributed by atoms with Crippen LogP contribution in [0.5, 0.6) is 0 Å². The maximum atomic E-state index is 14.0. The van der Waals surface area contributed by atoms with Crippen molar-refractivity contribution in [2.75, 3.05) is 0 Å². The van der Waals surface area contributed by atoms with Gasteiger partial charge in [-0.25, -0.2) is 40.0 Å². The van der Waals surface area contributed by atoms with Crippen LogP contribution >= 0.6 is 0 Å². The molecule has 0 saturated heterocycles. The highest BCUT2D eigenvalue weighted by molar-refractivity contribution is 5.71. The summed E-state index contributed by atoms with van der Waals surface area (Å²) in [6.45, 7) is 6.43. The van der Waals surface area contributed by atoms with Gasteiger partial charge in [-0.15, -0.1) is 0 Å². The van der Waals surface area contributed by atoms with Gasteiger partial charge in [0.15, 0.2) is 46.5 Å². The first kappa shape index (κ1) is 18.2. The average Bonchev–Trinajstić information content (AvgIpc) is 2.58. The first-order valence-electron chi connectivity index (χ1n) is 6.14. The fourth-order valence-corrected chi connectivity index (χ4v) is 2.07. The Balaban J connectivity index is 3.00. The van der Waals surface area contributed by atoms with Crippen molar-refractivity contribution in [3.05, 3.63) is 63.5 Å². The normalized spacial score (nSPS) is 10.5. The van der Waals surface area contributed by atoms with Crippen molar-refractivity contribution in [3.63, 3.8) is 0 Å². The summed E-state index contributed by atoms with van der Waals surface area (Å²) >= 11 is 0. The van der Waals surface area contributed by atoms with E-state index < -0.39 is 75.3 Å². The molecule has 10 heteroatoms. The second kappa shape index (κ2) is 6.40. The van der Waals surface area contributed by atoms with Gasteiger partial charge in [0, 0.05) is 5.56 Å². The van der Waals surface area contributed by atoms with Gasteiger partial charge in [0.05, 0.1) is 30.2 Å². The van der Waals surface area contributed by atoms with Crippen molar-refractivity contribution < 1.29 is 35.1 Å². The summed E-state index contributed by atoms with van der Waals surface area (Å²) in [5.41, 5.74) is -7.19. The molecule has 0 aliphatic rings. The highest BCUT2D eigenvalue weighted by atomic mass is 19.2. The smallest absolute Gasteiger partial charge is 0.232 e. The Morgan fingerprint density at radius 3 is 1.36 bits per heavy atom. The Kier molecular flexibility index (Phi) is 4.66. The molecule has 2 aromatic carbocycles. The van der Waals surface area contributed by atoms with Gasteiger partial charge in [0.1, 0.15) is 0 Å². The van der Waals surface area contributed by atoms with Crippen molar-refractivity contribution >= 4 is 5.69 Å². The monoisotopic (exact) mass is 362 g/mol. The van der Waals surface area contributed by atoms with Crippen LogP contribution in [0.3, 0.4) is 0 Å². The standard InChI is InChI=1S/C15H2F8N2/c1-25-15-13(22)11(20)6(12(21)14(15)23)5-9(18)7(16)4(2-3-24)8(17)10(5)19/h2H2. The molecule has 2 rings (SSSR count). The van der Waals surface area contributed by atoms with Gasteiger partial charge in [-0.1, -0.05) is 0 Å². The molecule has 25 heavy (non-hydrogen) atoms. The maximum Gasteiger partial charge on any atom is 0.262 e. The molecule has 2 aromatic rings. The minimum absolute atomic E-state index is 1.11. The molecule has 0 aromatic heterocycles. The molecule has 0 spiro atoms. The van der Waals surface area contributed by atoms with Crippen LogP contribution in [0.1, 0.15) is 5.56 Å². The highest BCUT2D eigenvalue weighted by Crippen LogP contribution is 2.40. The highest BCUT2D eigenvalue weighted by Gasteiger charge is 2.33. The molecule has 0 fully saturated rings. The molecule has 0 unspecified atom stereocenters. The molecule has 0 aliphatic carbocycles. The molecule has 0 radical (unpaired) electrons. The predicted octanol–water partition coefficient (Wildman–Crippen LogP) is 5.08.